The topological polar surface area (TPSA) is 86.8 Å². The number of hydrogen-bond donors (Lipinski definition) is 1. The van der Waals surface area contributed by atoms with Crippen molar-refractivity contribution in [3.05, 3.63) is 23.8 Å². The van der Waals surface area contributed by atoms with E-state index in [0.29, 0.717) is 30.3 Å². The quantitative estimate of drug-likeness (QED) is 0.744. The van der Waals surface area contributed by atoms with Crippen LogP contribution in [0.2, 0.25) is 0 Å². The highest BCUT2D eigenvalue weighted by Gasteiger charge is 2.45. The van der Waals surface area contributed by atoms with Gasteiger partial charge in [0, 0.05) is 24.8 Å². The second-order valence-corrected chi connectivity index (χ2v) is 11.1. The summed E-state index contributed by atoms with van der Waals surface area (Å²) < 4.78 is 27.9. The van der Waals surface area contributed by atoms with Crippen molar-refractivity contribution in [1.82, 2.24) is 9.62 Å². The highest BCUT2D eigenvalue weighted by atomic mass is 32.2. The summed E-state index contributed by atoms with van der Waals surface area (Å²) >= 11 is 0. The largest absolute Gasteiger partial charge is 0.352 e. The molecule has 1 saturated heterocycles. The van der Waals surface area contributed by atoms with Gasteiger partial charge in [-0.3, -0.25) is 9.59 Å². The Labute approximate surface area is 179 Å². The van der Waals surface area contributed by atoms with E-state index in [4.69, 9.17) is 0 Å². The van der Waals surface area contributed by atoms with E-state index in [1.165, 1.54) is 4.90 Å². The summed E-state index contributed by atoms with van der Waals surface area (Å²) in [7, 11) is -3.62. The Morgan fingerprint density at radius 2 is 2.03 bits per heavy atom. The van der Waals surface area contributed by atoms with Crippen molar-refractivity contribution in [2.24, 2.45) is 5.92 Å². The SMILES string of the molecule is CC[C@H](C)NC(=O)CN1C(=O)C(C)(C)c2cc(S(=O)(=O)N3CCC[C@@H](C)C3)ccc21. The Bertz CT molecular complexity index is 942. The maximum Gasteiger partial charge on any atom is 0.243 e. The molecule has 1 N–H and O–H groups in total. The Morgan fingerprint density at radius 1 is 1.33 bits per heavy atom. The lowest BCUT2D eigenvalue weighted by Crippen LogP contribution is -2.44. The van der Waals surface area contributed by atoms with Gasteiger partial charge in [-0.25, -0.2) is 8.42 Å². The van der Waals surface area contributed by atoms with Gasteiger partial charge in [0.25, 0.3) is 0 Å². The molecule has 0 radical (unpaired) electrons. The Kier molecular flexibility index (Phi) is 6.30. The van der Waals surface area contributed by atoms with Crippen LogP contribution >= 0.6 is 0 Å². The highest BCUT2D eigenvalue weighted by Crippen LogP contribution is 2.42. The van der Waals surface area contributed by atoms with Crippen LogP contribution in [0, 0.1) is 5.92 Å². The van der Waals surface area contributed by atoms with Gasteiger partial charge in [0.15, 0.2) is 0 Å². The van der Waals surface area contributed by atoms with Crippen LogP contribution in [-0.2, 0) is 25.0 Å². The van der Waals surface area contributed by atoms with Gasteiger partial charge in [0.05, 0.1) is 10.3 Å². The zero-order chi connectivity index (χ0) is 22.3. The Morgan fingerprint density at radius 3 is 2.67 bits per heavy atom. The molecule has 166 valence electrons. The van der Waals surface area contributed by atoms with E-state index in [2.05, 4.69) is 12.2 Å². The number of anilines is 1. The van der Waals surface area contributed by atoms with Crippen LogP contribution in [0.15, 0.2) is 23.1 Å². The first-order valence-electron chi connectivity index (χ1n) is 10.7. The number of amides is 2. The number of carbonyl (C=O) groups is 2. The molecular weight excluding hydrogens is 402 g/mol. The van der Waals surface area contributed by atoms with Gasteiger partial charge in [-0.15, -0.1) is 0 Å². The number of nitrogens with one attached hydrogen (secondary N) is 1. The summed E-state index contributed by atoms with van der Waals surface area (Å²) in [5, 5.41) is 2.88. The van der Waals surface area contributed by atoms with Crippen molar-refractivity contribution >= 4 is 27.5 Å². The lowest BCUT2D eigenvalue weighted by molar-refractivity contribution is -0.125. The van der Waals surface area contributed by atoms with Gasteiger partial charge < -0.3 is 10.2 Å². The second-order valence-electron chi connectivity index (χ2n) is 9.18. The maximum atomic E-state index is 13.2. The first-order valence-corrected chi connectivity index (χ1v) is 12.2. The van der Waals surface area contributed by atoms with E-state index in [0.717, 1.165) is 19.3 Å². The molecule has 0 bridgehead atoms. The van der Waals surface area contributed by atoms with Gasteiger partial charge in [0.2, 0.25) is 21.8 Å². The van der Waals surface area contributed by atoms with E-state index in [1.807, 2.05) is 13.8 Å². The number of rotatable bonds is 6. The van der Waals surface area contributed by atoms with Gasteiger partial charge >= 0.3 is 0 Å². The molecule has 1 fully saturated rings. The molecule has 8 heteroatoms. The molecule has 0 spiro atoms. The molecule has 2 heterocycles. The standard InChI is InChI=1S/C22H33N3O4S/c1-6-16(3)23-20(26)14-25-19-10-9-17(12-18(19)22(4,5)21(25)27)30(28,29)24-11-7-8-15(2)13-24/h9-10,12,15-16H,6-8,11,13-14H2,1-5H3,(H,23,26)/t15-,16+/m1/s1. The molecule has 1 aromatic carbocycles. The molecule has 0 unspecified atom stereocenters. The Hall–Kier alpha value is -1.93. The minimum Gasteiger partial charge on any atom is -0.352 e. The third-order valence-electron chi connectivity index (χ3n) is 6.29. The molecule has 2 amide bonds. The number of hydrogen-bond acceptors (Lipinski definition) is 4. The molecule has 0 aliphatic carbocycles. The summed E-state index contributed by atoms with van der Waals surface area (Å²) in [5.41, 5.74) is 0.359. The van der Waals surface area contributed by atoms with E-state index < -0.39 is 15.4 Å². The van der Waals surface area contributed by atoms with Gasteiger partial charge in [-0.1, -0.05) is 13.8 Å². The van der Waals surface area contributed by atoms with Crippen molar-refractivity contribution in [3.63, 3.8) is 0 Å². The van der Waals surface area contributed by atoms with Crippen LogP contribution in [0.1, 0.15) is 59.4 Å². The molecule has 30 heavy (non-hydrogen) atoms. The van der Waals surface area contributed by atoms with Gasteiger partial charge in [-0.2, -0.15) is 4.31 Å². The average molecular weight is 436 g/mol. The van der Waals surface area contributed by atoms with E-state index in [1.54, 1.807) is 36.4 Å². The number of carbonyl (C=O) groups excluding carboxylic acids is 2. The molecule has 1 aromatic rings. The second kappa shape index (κ2) is 8.30. The lowest BCUT2D eigenvalue weighted by Gasteiger charge is -2.30. The highest BCUT2D eigenvalue weighted by molar-refractivity contribution is 7.89. The normalized spacial score (nSPS) is 22.6. The van der Waals surface area contributed by atoms with E-state index >= 15 is 0 Å². The molecule has 2 aliphatic heterocycles. The lowest BCUT2D eigenvalue weighted by atomic mass is 9.86. The van der Waals surface area contributed by atoms with Crippen LogP contribution < -0.4 is 10.2 Å². The van der Waals surface area contributed by atoms with E-state index in [-0.39, 0.29) is 29.3 Å². The van der Waals surface area contributed by atoms with Crippen LogP contribution in [0.5, 0.6) is 0 Å². The Balaban J connectivity index is 1.92. The zero-order valence-corrected chi connectivity index (χ0v) is 19.4. The van der Waals surface area contributed by atoms with Crippen molar-refractivity contribution in [2.75, 3.05) is 24.5 Å². The number of sulfonamides is 1. The summed E-state index contributed by atoms with van der Waals surface area (Å²) in [5.74, 6) is -0.0845. The van der Waals surface area contributed by atoms with Crippen LogP contribution in [0.3, 0.4) is 0 Å². The van der Waals surface area contributed by atoms with E-state index in [9.17, 15) is 18.0 Å². The predicted molar refractivity (Wildman–Crippen MR) is 117 cm³/mol. The van der Waals surface area contributed by atoms with Crippen molar-refractivity contribution in [1.29, 1.82) is 0 Å². The van der Waals surface area contributed by atoms with Gasteiger partial charge in [-0.05, 0) is 69.7 Å². The summed E-state index contributed by atoms with van der Waals surface area (Å²) in [6.45, 7) is 10.5. The number of piperidine rings is 1. The number of nitrogens with zero attached hydrogens (tertiary/aromatic N) is 2. The first-order chi connectivity index (χ1) is 14.0. The molecule has 0 aromatic heterocycles. The van der Waals surface area contributed by atoms with Gasteiger partial charge in [0.1, 0.15) is 6.54 Å². The fourth-order valence-electron chi connectivity index (χ4n) is 4.21. The molecule has 0 saturated carbocycles. The third kappa shape index (κ3) is 4.12. The molecule has 7 nitrogen and oxygen atoms in total. The molecular formula is C22H33N3O4S. The molecule has 2 aliphatic rings. The number of fused-ring (bicyclic) bond motifs is 1. The van der Waals surface area contributed by atoms with Crippen molar-refractivity contribution in [2.45, 2.75) is 70.2 Å². The summed E-state index contributed by atoms with van der Waals surface area (Å²) in [6, 6.07) is 4.87. The van der Waals surface area contributed by atoms with Crippen LogP contribution in [0.25, 0.3) is 0 Å². The van der Waals surface area contributed by atoms with Crippen LogP contribution in [0.4, 0.5) is 5.69 Å². The molecule has 2 atom stereocenters. The maximum absolute atomic E-state index is 13.2. The monoisotopic (exact) mass is 435 g/mol. The smallest absolute Gasteiger partial charge is 0.243 e. The summed E-state index contributed by atoms with van der Waals surface area (Å²) in [6.07, 6.45) is 2.69. The third-order valence-corrected chi connectivity index (χ3v) is 8.15. The fraction of sp³-hybridized carbons (Fsp3) is 0.636. The minimum absolute atomic E-state index is 0.0298. The predicted octanol–water partition coefficient (Wildman–Crippen LogP) is 2.65. The van der Waals surface area contributed by atoms with Crippen LogP contribution in [-0.4, -0.2) is 50.2 Å². The fourth-order valence-corrected chi connectivity index (χ4v) is 5.84. The number of benzene rings is 1. The average Bonchev–Trinajstić information content (AvgIpc) is 2.88. The van der Waals surface area contributed by atoms with Crippen molar-refractivity contribution in [3.8, 4) is 0 Å². The minimum atomic E-state index is -3.62. The first kappa shape index (κ1) is 22.7. The zero-order valence-electron chi connectivity index (χ0n) is 18.6. The summed E-state index contributed by atoms with van der Waals surface area (Å²) in [4.78, 5) is 27.1. The van der Waals surface area contributed by atoms with Crippen molar-refractivity contribution < 1.29 is 18.0 Å². The molecule has 3 rings (SSSR count).